The number of benzene rings is 1. The van der Waals surface area contributed by atoms with Crippen molar-refractivity contribution < 1.29 is 18.4 Å². The first-order chi connectivity index (χ1) is 13.4. The van der Waals surface area contributed by atoms with Gasteiger partial charge in [-0.2, -0.15) is 0 Å². The zero-order valence-corrected chi connectivity index (χ0v) is 15.9. The van der Waals surface area contributed by atoms with Crippen LogP contribution in [-0.4, -0.2) is 53.5 Å². The predicted molar refractivity (Wildman–Crippen MR) is 100 cm³/mol. The number of likely N-dealkylation sites (N-methyl/N-ethyl adjacent to an activating group) is 1. The number of halogens is 2. The molecule has 2 aromatic rings. The van der Waals surface area contributed by atoms with Gasteiger partial charge >= 0.3 is 0 Å². The summed E-state index contributed by atoms with van der Waals surface area (Å²) in [5, 5.41) is 5.34. The summed E-state index contributed by atoms with van der Waals surface area (Å²) in [6.07, 6.45) is 2.44. The van der Waals surface area contributed by atoms with Gasteiger partial charge in [-0.05, 0) is 45.5 Å². The normalized spacial score (nSPS) is 13.3. The van der Waals surface area contributed by atoms with Gasteiger partial charge in [0.05, 0.1) is 5.69 Å². The maximum atomic E-state index is 13.4. The van der Waals surface area contributed by atoms with Crippen LogP contribution in [0, 0.1) is 11.6 Å². The van der Waals surface area contributed by atoms with Crippen molar-refractivity contribution in [1.82, 2.24) is 19.8 Å². The molecule has 0 bridgehead atoms. The minimum Gasteiger partial charge on any atom is -0.349 e. The Morgan fingerprint density at radius 3 is 2.68 bits per heavy atom. The van der Waals surface area contributed by atoms with Gasteiger partial charge in [0.15, 0.2) is 17.5 Å². The van der Waals surface area contributed by atoms with E-state index in [4.69, 9.17) is 0 Å². The largest absolute Gasteiger partial charge is 0.349 e. The third-order valence-electron chi connectivity index (χ3n) is 4.56. The number of aromatic nitrogens is 2. The van der Waals surface area contributed by atoms with Crippen LogP contribution >= 0.6 is 0 Å². The SMILES string of the molecule is CN(C)CCNC(=O)c1nc(C(=O)Nc2ccc(F)c(F)c2)n2c1CCCC2. The summed E-state index contributed by atoms with van der Waals surface area (Å²) in [6, 6.07) is 3.11. The van der Waals surface area contributed by atoms with Crippen LogP contribution in [0.15, 0.2) is 18.2 Å². The molecule has 150 valence electrons. The van der Waals surface area contributed by atoms with E-state index in [1.165, 1.54) is 6.07 Å². The lowest BCUT2D eigenvalue weighted by molar-refractivity contribution is 0.0945. The zero-order chi connectivity index (χ0) is 20.3. The van der Waals surface area contributed by atoms with Crippen LogP contribution in [0.1, 0.15) is 39.6 Å². The third kappa shape index (κ3) is 4.36. The van der Waals surface area contributed by atoms with Crippen LogP contribution < -0.4 is 10.6 Å². The van der Waals surface area contributed by atoms with E-state index in [0.717, 1.165) is 30.7 Å². The number of hydrogen-bond acceptors (Lipinski definition) is 4. The Hall–Kier alpha value is -2.81. The van der Waals surface area contributed by atoms with Crippen molar-refractivity contribution in [2.24, 2.45) is 0 Å². The quantitative estimate of drug-likeness (QED) is 0.790. The Morgan fingerprint density at radius 2 is 1.96 bits per heavy atom. The van der Waals surface area contributed by atoms with Gasteiger partial charge < -0.3 is 20.1 Å². The molecule has 1 aliphatic heterocycles. The summed E-state index contributed by atoms with van der Waals surface area (Å²) in [6.45, 7) is 1.73. The number of anilines is 1. The lowest BCUT2D eigenvalue weighted by Gasteiger charge is -2.17. The molecule has 1 aliphatic rings. The van der Waals surface area contributed by atoms with Crippen LogP contribution in [0.5, 0.6) is 0 Å². The number of amides is 2. The molecule has 0 saturated heterocycles. The maximum absolute atomic E-state index is 13.4. The van der Waals surface area contributed by atoms with E-state index in [9.17, 15) is 18.4 Å². The fourth-order valence-electron chi connectivity index (χ4n) is 3.14. The summed E-state index contributed by atoms with van der Waals surface area (Å²) in [5.74, 6) is -2.84. The van der Waals surface area contributed by atoms with Crippen LogP contribution in [0.2, 0.25) is 0 Å². The van der Waals surface area contributed by atoms with Crippen LogP contribution in [0.25, 0.3) is 0 Å². The van der Waals surface area contributed by atoms with E-state index in [0.29, 0.717) is 26.1 Å². The van der Waals surface area contributed by atoms with Gasteiger partial charge in [-0.25, -0.2) is 13.8 Å². The molecule has 0 aliphatic carbocycles. The van der Waals surface area contributed by atoms with Crippen molar-refractivity contribution in [2.75, 3.05) is 32.5 Å². The fraction of sp³-hybridized carbons (Fsp3) is 0.421. The topological polar surface area (TPSA) is 79.3 Å². The highest BCUT2D eigenvalue weighted by Gasteiger charge is 2.27. The molecule has 2 N–H and O–H groups in total. The number of rotatable bonds is 6. The van der Waals surface area contributed by atoms with E-state index in [-0.39, 0.29) is 23.1 Å². The van der Waals surface area contributed by atoms with Gasteiger partial charge in [0, 0.05) is 31.4 Å². The Bertz CT molecular complexity index is 895. The molecule has 0 saturated carbocycles. The predicted octanol–water partition coefficient (Wildman–Crippen LogP) is 2.04. The first kappa shape index (κ1) is 19.9. The van der Waals surface area contributed by atoms with Crippen molar-refractivity contribution in [3.05, 3.63) is 47.0 Å². The highest BCUT2D eigenvalue weighted by molar-refractivity contribution is 6.03. The van der Waals surface area contributed by atoms with Gasteiger partial charge in [0.25, 0.3) is 11.8 Å². The Kier molecular flexibility index (Phi) is 6.03. The molecule has 0 radical (unpaired) electrons. The Morgan fingerprint density at radius 1 is 1.18 bits per heavy atom. The van der Waals surface area contributed by atoms with E-state index in [1.54, 1.807) is 4.57 Å². The first-order valence-electron chi connectivity index (χ1n) is 9.15. The number of nitrogens with one attached hydrogen (secondary N) is 2. The third-order valence-corrected chi connectivity index (χ3v) is 4.56. The van der Waals surface area contributed by atoms with Gasteiger partial charge in [-0.3, -0.25) is 9.59 Å². The van der Waals surface area contributed by atoms with Crippen LogP contribution in [-0.2, 0) is 13.0 Å². The molecule has 9 heteroatoms. The minimum atomic E-state index is -1.05. The summed E-state index contributed by atoms with van der Waals surface area (Å²) >= 11 is 0. The first-order valence-corrected chi connectivity index (χ1v) is 9.15. The maximum Gasteiger partial charge on any atom is 0.291 e. The Balaban J connectivity index is 1.82. The smallest absolute Gasteiger partial charge is 0.291 e. The monoisotopic (exact) mass is 391 g/mol. The average molecular weight is 391 g/mol. The average Bonchev–Trinajstić information content (AvgIpc) is 3.04. The molecule has 0 atom stereocenters. The van der Waals surface area contributed by atoms with Crippen LogP contribution in [0.3, 0.4) is 0 Å². The second kappa shape index (κ2) is 8.47. The highest BCUT2D eigenvalue weighted by atomic mass is 19.2. The molecule has 3 rings (SSSR count). The number of nitrogens with zero attached hydrogens (tertiary/aromatic N) is 3. The van der Waals surface area contributed by atoms with Gasteiger partial charge in [0.1, 0.15) is 5.69 Å². The van der Waals surface area contributed by atoms with E-state index in [2.05, 4.69) is 15.6 Å². The lowest BCUT2D eigenvalue weighted by atomic mass is 10.1. The second-order valence-electron chi connectivity index (χ2n) is 6.98. The van der Waals surface area contributed by atoms with Crippen molar-refractivity contribution in [2.45, 2.75) is 25.8 Å². The highest BCUT2D eigenvalue weighted by Crippen LogP contribution is 2.22. The van der Waals surface area contributed by atoms with Gasteiger partial charge in [0.2, 0.25) is 0 Å². The van der Waals surface area contributed by atoms with Crippen molar-refractivity contribution in [3.8, 4) is 0 Å². The molecule has 2 amide bonds. The summed E-state index contributed by atoms with van der Waals surface area (Å²) < 4.78 is 28.2. The summed E-state index contributed by atoms with van der Waals surface area (Å²) in [5.41, 5.74) is 1.09. The van der Waals surface area contributed by atoms with E-state index in [1.807, 2.05) is 19.0 Å². The van der Waals surface area contributed by atoms with Crippen molar-refractivity contribution >= 4 is 17.5 Å². The molecular weight excluding hydrogens is 368 g/mol. The zero-order valence-electron chi connectivity index (χ0n) is 15.9. The lowest BCUT2D eigenvalue weighted by Crippen LogP contribution is -2.32. The number of imidazole rings is 1. The minimum absolute atomic E-state index is 0.0946. The number of carbonyl (C=O) groups excluding carboxylic acids is 2. The molecular formula is C19H23F2N5O2. The number of hydrogen-bond donors (Lipinski definition) is 2. The standard InChI is InChI=1S/C19H23F2N5O2/c1-25(2)10-8-22-18(27)16-15-5-3-4-9-26(15)17(24-16)19(28)23-12-6-7-13(20)14(21)11-12/h6-7,11H,3-5,8-10H2,1-2H3,(H,22,27)(H,23,28). The van der Waals surface area contributed by atoms with E-state index < -0.39 is 17.5 Å². The van der Waals surface area contributed by atoms with Crippen molar-refractivity contribution in [3.63, 3.8) is 0 Å². The Labute approximate surface area is 161 Å². The van der Waals surface area contributed by atoms with Crippen molar-refractivity contribution in [1.29, 1.82) is 0 Å². The molecule has 2 heterocycles. The van der Waals surface area contributed by atoms with Gasteiger partial charge in [-0.15, -0.1) is 0 Å². The molecule has 0 spiro atoms. The van der Waals surface area contributed by atoms with Gasteiger partial charge in [-0.1, -0.05) is 0 Å². The molecule has 28 heavy (non-hydrogen) atoms. The number of fused-ring (bicyclic) bond motifs is 1. The molecule has 7 nitrogen and oxygen atoms in total. The molecule has 0 fully saturated rings. The summed E-state index contributed by atoms with van der Waals surface area (Å²) in [7, 11) is 3.82. The second-order valence-corrected chi connectivity index (χ2v) is 6.98. The number of carbonyl (C=O) groups is 2. The van der Waals surface area contributed by atoms with E-state index >= 15 is 0 Å². The molecule has 0 unspecified atom stereocenters. The fourth-order valence-corrected chi connectivity index (χ4v) is 3.14. The molecule has 1 aromatic heterocycles. The van der Waals surface area contributed by atoms with Crippen LogP contribution in [0.4, 0.5) is 14.5 Å². The molecule has 1 aromatic carbocycles. The summed E-state index contributed by atoms with van der Waals surface area (Å²) in [4.78, 5) is 31.4.